The summed E-state index contributed by atoms with van der Waals surface area (Å²) in [5.74, 6) is 0.881. The Hall–Kier alpha value is -0.870. The first kappa shape index (κ1) is 14.5. The lowest BCUT2D eigenvalue weighted by molar-refractivity contribution is 0.0678. The molecule has 2 rings (SSSR count). The molecule has 1 heterocycles. The number of carbonyl (C=O) groups is 1. The average Bonchev–Trinajstić information content (AvgIpc) is 2.38. The first-order chi connectivity index (χ1) is 9.06. The van der Waals surface area contributed by atoms with Crippen molar-refractivity contribution in [2.24, 2.45) is 5.92 Å². The monoisotopic (exact) mass is 324 g/mol. The minimum atomic E-state index is 0.157. The number of hydrogen-bond acceptors (Lipinski definition) is 2. The minimum absolute atomic E-state index is 0.157. The van der Waals surface area contributed by atoms with Crippen LogP contribution in [0.5, 0.6) is 0 Å². The molecule has 0 N–H and O–H groups in total. The first-order valence-electron chi connectivity index (χ1n) is 6.76. The molecule has 1 saturated heterocycles. The van der Waals surface area contributed by atoms with Crippen LogP contribution in [0.3, 0.4) is 0 Å². The van der Waals surface area contributed by atoms with E-state index in [2.05, 4.69) is 34.9 Å². The minimum Gasteiger partial charge on any atom is -0.339 e. The van der Waals surface area contributed by atoms with E-state index in [1.54, 1.807) is 0 Å². The molecule has 1 aliphatic heterocycles. The molecule has 0 bridgehead atoms. The third kappa shape index (κ3) is 4.05. The van der Waals surface area contributed by atoms with Gasteiger partial charge in [0.1, 0.15) is 0 Å². The highest BCUT2D eigenvalue weighted by molar-refractivity contribution is 9.10. The molecule has 1 amide bonds. The lowest BCUT2D eigenvalue weighted by Gasteiger charge is -2.33. The van der Waals surface area contributed by atoms with E-state index in [4.69, 9.17) is 0 Å². The molecule has 3 nitrogen and oxygen atoms in total. The molecule has 0 aliphatic carbocycles. The molecule has 1 aliphatic rings. The van der Waals surface area contributed by atoms with E-state index >= 15 is 0 Å². The Labute approximate surface area is 123 Å². The summed E-state index contributed by atoms with van der Waals surface area (Å²) in [5, 5.41) is 0. The van der Waals surface area contributed by atoms with Crippen LogP contribution in [-0.4, -0.2) is 49.4 Å². The van der Waals surface area contributed by atoms with E-state index in [1.165, 1.54) is 0 Å². The van der Waals surface area contributed by atoms with E-state index < -0.39 is 0 Å². The van der Waals surface area contributed by atoms with Crippen LogP contribution < -0.4 is 0 Å². The predicted molar refractivity (Wildman–Crippen MR) is 81.3 cm³/mol. The van der Waals surface area contributed by atoms with E-state index in [9.17, 15) is 4.79 Å². The molecule has 104 valence electrons. The van der Waals surface area contributed by atoms with Gasteiger partial charge < -0.3 is 9.80 Å². The lowest BCUT2D eigenvalue weighted by atomic mass is 9.96. The maximum Gasteiger partial charge on any atom is 0.253 e. The van der Waals surface area contributed by atoms with Gasteiger partial charge in [0.2, 0.25) is 0 Å². The highest BCUT2D eigenvalue weighted by atomic mass is 79.9. The first-order valence-corrected chi connectivity index (χ1v) is 7.55. The van der Waals surface area contributed by atoms with Gasteiger partial charge in [0.05, 0.1) is 0 Å². The summed E-state index contributed by atoms with van der Waals surface area (Å²) in [5.41, 5.74) is 0.778. The summed E-state index contributed by atoms with van der Waals surface area (Å²) in [6.07, 6.45) is 2.22. The molecule has 0 spiro atoms. The number of piperidine rings is 1. The molecule has 0 saturated carbocycles. The van der Waals surface area contributed by atoms with Crippen molar-refractivity contribution >= 4 is 21.8 Å². The van der Waals surface area contributed by atoms with Crippen LogP contribution in [0.25, 0.3) is 0 Å². The molecule has 19 heavy (non-hydrogen) atoms. The number of amides is 1. The highest BCUT2D eigenvalue weighted by Crippen LogP contribution is 2.20. The standard InChI is InChI=1S/C15H21BrN2O/c1-17(2)11-12-6-8-18(9-7-12)15(19)13-4-3-5-14(16)10-13/h3-5,10,12H,6-9,11H2,1-2H3. The number of rotatable bonds is 3. The van der Waals surface area contributed by atoms with Crippen molar-refractivity contribution < 1.29 is 4.79 Å². The predicted octanol–water partition coefficient (Wildman–Crippen LogP) is 2.86. The second kappa shape index (κ2) is 6.53. The van der Waals surface area contributed by atoms with Crippen LogP contribution >= 0.6 is 15.9 Å². The van der Waals surface area contributed by atoms with Crippen molar-refractivity contribution in [3.63, 3.8) is 0 Å². The Morgan fingerprint density at radius 1 is 1.37 bits per heavy atom. The Bertz CT molecular complexity index is 440. The zero-order chi connectivity index (χ0) is 13.8. The van der Waals surface area contributed by atoms with Crippen molar-refractivity contribution in [2.45, 2.75) is 12.8 Å². The molecule has 1 fully saturated rings. The van der Waals surface area contributed by atoms with Gasteiger partial charge in [-0.05, 0) is 51.1 Å². The SMILES string of the molecule is CN(C)CC1CCN(C(=O)c2cccc(Br)c2)CC1. The molecular weight excluding hydrogens is 304 g/mol. The summed E-state index contributed by atoms with van der Waals surface area (Å²) < 4.78 is 0.959. The van der Waals surface area contributed by atoms with E-state index in [-0.39, 0.29) is 5.91 Å². The van der Waals surface area contributed by atoms with Gasteiger partial charge in [-0.3, -0.25) is 4.79 Å². The summed E-state index contributed by atoms with van der Waals surface area (Å²) in [7, 11) is 4.22. The fraction of sp³-hybridized carbons (Fsp3) is 0.533. The van der Waals surface area contributed by atoms with Crippen LogP contribution in [0.15, 0.2) is 28.7 Å². The van der Waals surface area contributed by atoms with Gasteiger partial charge in [-0.2, -0.15) is 0 Å². The smallest absolute Gasteiger partial charge is 0.253 e. The van der Waals surface area contributed by atoms with E-state index in [0.29, 0.717) is 0 Å². The third-order valence-corrected chi connectivity index (χ3v) is 4.09. The zero-order valence-electron chi connectivity index (χ0n) is 11.6. The van der Waals surface area contributed by atoms with Gasteiger partial charge in [0, 0.05) is 29.7 Å². The van der Waals surface area contributed by atoms with Crippen molar-refractivity contribution in [2.75, 3.05) is 33.7 Å². The second-order valence-electron chi connectivity index (χ2n) is 5.51. The van der Waals surface area contributed by atoms with Crippen molar-refractivity contribution in [1.29, 1.82) is 0 Å². The highest BCUT2D eigenvalue weighted by Gasteiger charge is 2.23. The Kier molecular flexibility index (Phi) is 4.99. The van der Waals surface area contributed by atoms with Crippen LogP contribution in [-0.2, 0) is 0 Å². The topological polar surface area (TPSA) is 23.6 Å². The summed E-state index contributed by atoms with van der Waals surface area (Å²) >= 11 is 3.41. The maximum atomic E-state index is 12.4. The number of halogens is 1. The third-order valence-electron chi connectivity index (χ3n) is 3.60. The van der Waals surface area contributed by atoms with Gasteiger partial charge in [0.25, 0.3) is 5.91 Å². The number of likely N-dealkylation sites (tertiary alicyclic amines) is 1. The normalized spacial score (nSPS) is 16.9. The average molecular weight is 325 g/mol. The van der Waals surface area contributed by atoms with Gasteiger partial charge in [0.15, 0.2) is 0 Å². The molecule has 1 aromatic carbocycles. The van der Waals surface area contributed by atoms with Crippen LogP contribution in [0.1, 0.15) is 23.2 Å². The van der Waals surface area contributed by atoms with Gasteiger partial charge >= 0.3 is 0 Å². The number of carbonyl (C=O) groups excluding carboxylic acids is 1. The van der Waals surface area contributed by atoms with Gasteiger partial charge in [-0.15, -0.1) is 0 Å². The molecule has 0 aromatic heterocycles. The van der Waals surface area contributed by atoms with Crippen molar-refractivity contribution in [1.82, 2.24) is 9.80 Å². The Morgan fingerprint density at radius 2 is 2.05 bits per heavy atom. The Morgan fingerprint density at radius 3 is 2.63 bits per heavy atom. The zero-order valence-corrected chi connectivity index (χ0v) is 13.2. The summed E-state index contributed by atoms with van der Waals surface area (Å²) in [6, 6.07) is 7.64. The number of nitrogens with zero attached hydrogens (tertiary/aromatic N) is 2. The van der Waals surface area contributed by atoms with E-state index in [1.807, 2.05) is 29.2 Å². The quantitative estimate of drug-likeness (QED) is 0.853. The Balaban J connectivity index is 1.92. The fourth-order valence-electron chi connectivity index (χ4n) is 2.64. The number of hydrogen-bond donors (Lipinski definition) is 0. The molecule has 1 aromatic rings. The molecule has 0 unspecified atom stereocenters. The molecule has 0 atom stereocenters. The summed E-state index contributed by atoms with van der Waals surface area (Å²) in [6.45, 7) is 2.88. The largest absolute Gasteiger partial charge is 0.339 e. The maximum absolute atomic E-state index is 12.4. The summed E-state index contributed by atoms with van der Waals surface area (Å²) in [4.78, 5) is 16.6. The van der Waals surface area contributed by atoms with Gasteiger partial charge in [-0.1, -0.05) is 22.0 Å². The molecule has 0 radical (unpaired) electrons. The van der Waals surface area contributed by atoms with Crippen molar-refractivity contribution in [3.8, 4) is 0 Å². The lowest BCUT2D eigenvalue weighted by Crippen LogP contribution is -2.40. The molecule has 4 heteroatoms. The fourth-order valence-corrected chi connectivity index (χ4v) is 3.04. The number of benzene rings is 1. The molecular formula is C15H21BrN2O. The second-order valence-corrected chi connectivity index (χ2v) is 6.42. The van der Waals surface area contributed by atoms with Crippen LogP contribution in [0.4, 0.5) is 0 Å². The van der Waals surface area contributed by atoms with E-state index in [0.717, 1.165) is 48.4 Å². The van der Waals surface area contributed by atoms with Crippen LogP contribution in [0, 0.1) is 5.92 Å². The van der Waals surface area contributed by atoms with Crippen molar-refractivity contribution in [3.05, 3.63) is 34.3 Å². The van der Waals surface area contributed by atoms with Gasteiger partial charge in [-0.25, -0.2) is 0 Å². The van der Waals surface area contributed by atoms with Crippen LogP contribution in [0.2, 0.25) is 0 Å².